The summed E-state index contributed by atoms with van der Waals surface area (Å²) in [6, 6.07) is 6.34. The van der Waals surface area contributed by atoms with E-state index in [0.29, 0.717) is 11.4 Å². The first-order valence-electron chi connectivity index (χ1n) is 6.48. The molecule has 1 aliphatic heterocycles. The second-order valence-electron chi connectivity index (χ2n) is 4.57. The Bertz CT molecular complexity index is 399. The van der Waals surface area contributed by atoms with Gasteiger partial charge in [-0.3, -0.25) is 0 Å². The van der Waals surface area contributed by atoms with Crippen LogP contribution in [0.5, 0.6) is 0 Å². The smallest absolute Gasteiger partial charge is 0.0669 e. The van der Waals surface area contributed by atoms with E-state index in [1.165, 1.54) is 10.5 Å². The molecule has 0 amide bonds. The Morgan fingerprint density at radius 3 is 2.94 bits per heavy atom. The van der Waals surface area contributed by atoms with E-state index in [2.05, 4.69) is 37.4 Å². The summed E-state index contributed by atoms with van der Waals surface area (Å²) in [4.78, 5) is 1.17. The second-order valence-corrected chi connectivity index (χ2v) is 6.25. The largest absolute Gasteiger partial charge is 0.377 e. The molecule has 2 unspecified atom stereocenters. The molecule has 0 aromatic heterocycles. The number of benzene rings is 1. The van der Waals surface area contributed by atoms with Crippen molar-refractivity contribution >= 4 is 23.4 Å². The summed E-state index contributed by atoms with van der Waals surface area (Å²) in [6.45, 7) is 6.97. The van der Waals surface area contributed by atoms with Crippen LogP contribution in [-0.2, 0) is 11.3 Å². The predicted octanol–water partition coefficient (Wildman–Crippen LogP) is 3.72. The molecule has 1 aliphatic rings. The quantitative estimate of drug-likeness (QED) is 0.891. The van der Waals surface area contributed by atoms with Gasteiger partial charge in [0.1, 0.15) is 0 Å². The number of hydrogen-bond acceptors (Lipinski definition) is 3. The fourth-order valence-corrected chi connectivity index (χ4v) is 3.51. The third kappa shape index (κ3) is 3.64. The fourth-order valence-electron chi connectivity index (χ4n) is 2.05. The minimum absolute atomic E-state index is 0.326. The number of nitrogens with one attached hydrogen (secondary N) is 1. The van der Waals surface area contributed by atoms with Gasteiger partial charge in [0, 0.05) is 23.3 Å². The van der Waals surface area contributed by atoms with Crippen LogP contribution in [0.3, 0.4) is 0 Å². The third-order valence-electron chi connectivity index (χ3n) is 3.16. The molecule has 2 atom stereocenters. The van der Waals surface area contributed by atoms with Crippen molar-refractivity contribution in [2.24, 2.45) is 0 Å². The van der Waals surface area contributed by atoms with Gasteiger partial charge in [0.05, 0.1) is 11.1 Å². The summed E-state index contributed by atoms with van der Waals surface area (Å²) in [5.41, 5.74) is 1.24. The van der Waals surface area contributed by atoms with Gasteiger partial charge >= 0.3 is 0 Å². The minimum atomic E-state index is 0.326. The van der Waals surface area contributed by atoms with Crippen molar-refractivity contribution in [1.82, 2.24) is 5.32 Å². The number of hydrogen-bond donors (Lipinski definition) is 1. The number of thioether (sulfide) groups is 1. The maximum Gasteiger partial charge on any atom is 0.0669 e. The molecule has 1 aromatic carbocycles. The molecule has 1 N–H and O–H groups in total. The second kappa shape index (κ2) is 6.80. The van der Waals surface area contributed by atoms with Gasteiger partial charge in [-0.1, -0.05) is 24.6 Å². The van der Waals surface area contributed by atoms with E-state index in [1.54, 1.807) is 0 Å². The Labute approximate surface area is 118 Å². The topological polar surface area (TPSA) is 21.3 Å². The zero-order chi connectivity index (χ0) is 13.0. The maximum absolute atomic E-state index is 6.35. The number of ether oxygens (including phenoxy) is 1. The van der Waals surface area contributed by atoms with Crippen LogP contribution in [0, 0.1) is 0 Å². The molecule has 18 heavy (non-hydrogen) atoms. The lowest BCUT2D eigenvalue weighted by molar-refractivity contribution is 0.127. The normalized spacial score (nSPS) is 23.5. The summed E-state index contributed by atoms with van der Waals surface area (Å²) >= 11 is 8.19. The summed E-state index contributed by atoms with van der Waals surface area (Å²) in [5, 5.41) is 4.69. The highest BCUT2D eigenvalue weighted by Gasteiger charge is 2.25. The zero-order valence-corrected chi connectivity index (χ0v) is 12.5. The molecule has 0 spiro atoms. The van der Waals surface area contributed by atoms with E-state index < -0.39 is 0 Å². The zero-order valence-electron chi connectivity index (χ0n) is 10.9. The van der Waals surface area contributed by atoms with E-state index in [-0.39, 0.29) is 0 Å². The van der Waals surface area contributed by atoms with Gasteiger partial charge < -0.3 is 10.1 Å². The van der Waals surface area contributed by atoms with Crippen molar-refractivity contribution in [3.8, 4) is 0 Å². The van der Waals surface area contributed by atoms with Gasteiger partial charge in [-0.15, -0.1) is 11.8 Å². The highest BCUT2D eigenvalue weighted by atomic mass is 35.5. The highest BCUT2D eigenvalue weighted by Crippen LogP contribution is 2.36. The highest BCUT2D eigenvalue weighted by molar-refractivity contribution is 8.00. The minimum Gasteiger partial charge on any atom is -0.377 e. The van der Waals surface area contributed by atoms with Gasteiger partial charge in [-0.25, -0.2) is 0 Å². The lowest BCUT2D eigenvalue weighted by Gasteiger charge is -2.15. The first kappa shape index (κ1) is 14.2. The van der Waals surface area contributed by atoms with Crippen LogP contribution in [0.1, 0.15) is 25.8 Å². The van der Waals surface area contributed by atoms with Crippen LogP contribution in [0.4, 0.5) is 0 Å². The molecule has 1 heterocycles. The van der Waals surface area contributed by atoms with Crippen molar-refractivity contribution in [3.63, 3.8) is 0 Å². The summed E-state index contributed by atoms with van der Waals surface area (Å²) in [6.07, 6.45) is 1.44. The molecule has 100 valence electrons. The van der Waals surface area contributed by atoms with E-state index in [9.17, 15) is 0 Å². The number of rotatable bonds is 5. The molecule has 1 fully saturated rings. The van der Waals surface area contributed by atoms with Crippen molar-refractivity contribution in [3.05, 3.63) is 28.8 Å². The molecule has 0 saturated carbocycles. The lowest BCUT2D eigenvalue weighted by atomic mass is 10.2. The number of halogens is 1. The predicted molar refractivity (Wildman–Crippen MR) is 78.5 cm³/mol. The molecular formula is C14H20ClNOS. The Kier molecular flexibility index (Phi) is 5.37. The Morgan fingerprint density at radius 2 is 2.33 bits per heavy atom. The Balaban J connectivity index is 2.00. The molecule has 1 saturated heterocycles. The standard InChI is InChI=1S/C14H20ClNOS/c1-3-16-9-11-4-5-14(12(15)8-11)18-13-6-7-17-10(13)2/h4-5,8,10,13,16H,3,6-7,9H2,1-2H3. The molecule has 1 aromatic rings. The third-order valence-corrected chi connectivity index (χ3v) is 5.12. The molecule has 2 rings (SSSR count). The van der Waals surface area contributed by atoms with Gasteiger partial charge in [-0.05, 0) is 37.6 Å². The monoisotopic (exact) mass is 285 g/mol. The van der Waals surface area contributed by atoms with Gasteiger partial charge in [0.15, 0.2) is 0 Å². The SMILES string of the molecule is CCNCc1ccc(SC2CCOC2C)c(Cl)c1. The summed E-state index contributed by atoms with van der Waals surface area (Å²) < 4.78 is 5.58. The van der Waals surface area contributed by atoms with E-state index in [1.807, 2.05) is 11.8 Å². The van der Waals surface area contributed by atoms with E-state index in [0.717, 1.165) is 31.1 Å². The summed E-state index contributed by atoms with van der Waals surface area (Å²) in [7, 11) is 0. The lowest BCUT2D eigenvalue weighted by Crippen LogP contribution is -2.13. The van der Waals surface area contributed by atoms with Crippen LogP contribution < -0.4 is 5.32 Å². The first-order chi connectivity index (χ1) is 8.70. The average molecular weight is 286 g/mol. The van der Waals surface area contributed by atoms with Gasteiger partial charge in [-0.2, -0.15) is 0 Å². The van der Waals surface area contributed by atoms with Gasteiger partial charge in [0.25, 0.3) is 0 Å². The molecule has 0 bridgehead atoms. The van der Waals surface area contributed by atoms with Crippen LogP contribution >= 0.6 is 23.4 Å². The van der Waals surface area contributed by atoms with Crippen molar-refractivity contribution < 1.29 is 4.74 Å². The van der Waals surface area contributed by atoms with E-state index >= 15 is 0 Å². The maximum atomic E-state index is 6.35. The van der Waals surface area contributed by atoms with Gasteiger partial charge in [0.2, 0.25) is 0 Å². The average Bonchev–Trinajstić information content (AvgIpc) is 2.75. The van der Waals surface area contributed by atoms with Crippen LogP contribution in [0.25, 0.3) is 0 Å². The molecule has 0 aliphatic carbocycles. The van der Waals surface area contributed by atoms with Crippen LogP contribution in [-0.4, -0.2) is 24.5 Å². The van der Waals surface area contributed by atoms with Crippen LogP contribution in [0.2, 0.25) is 5.02 Å². The van der Waals surface area contributed by atoms with Crippen molar-refractivity contribution in [1.29, 1.82) is 0 Å². The van der Waals surface area contributed by atoms with Crippen molar-refractivity contribution in [2.45, 2.75) is 43.1 Å². The first-order valence-corrected chi connectivity index (χ1v) is 7.74. The molecule has 2 nitrogen and oxygen atoms in total. The Hall–Kier alpha value is -0.220. The Morgan fingerprint density at radius 1 is 1.50 bits per heavy atom. The van der Waals surface area contributed by atoms with E-state index in [4.69, 9.17) is 16.3 Å². The molecule has 4 heteroatoms. The summed E-state index contributed by atoms with van der Waals surface area (Å²) in [5.74, 6) is 0. The molecular weight excluding hydrogens is 266 g/mol. The van der Waals surface area contributed by atoms with Crippen LogP contribution in [0.15, 0.2) is 23.1 Å². The molecule has 0 radical (unpaired) electrons. The fraction of sp³-hybridized carbons (Fsp3) is 0.571. The van der Waals surface area contributed by atoms with Crippen molar-refractivity contribution in [2.75, 3.05) is 13.2 Å².